The fourth-order valence-electron chi connectivity index (χ4n) is 2.86. The van der Waals surface area contributed by atoms with Gasteiger partial charge in [0.1, 0.15) is 0 Å². The zero-order chi connectivity index (χ0) is 17.2. The molecule has 0 aromatic carbocycles. The number of aliphatic imine (C=N–C) groups is 1. The van der Waals surface area contributed by atoms with E-state index in [-0.39, 0.29) is 29.9 Å². The molecule has 1 atom stereocenters. The van der Waals surface area contributed by atoms with E-state index in [1.165, 1.54) is 0 Å². The molecule has 1 aliphatic carbocycles. The Kier molecular flexibility index (Phi) is 11.4. The van der Waals surface area contributed by atoms with Gasteiger partial charge in [0.15, 0.2) is 5.96 Å². The van der Waals surface area contributed by atoms with Crippen LogP contribution in [0.1, 0.15) is 32.1 Å². The van der Waals surface area contributed by atoms with Gasteiger partial charge < -0.3 is 25.0 Å². The van der Waals surface area contributed by atoms with Crippen molar-refractivity contribution in [3.05, 3.63) is 0 Å². The van der Waals surface area contributed by atoms with E-state index in [0.717, 1.165) is 57.9 Å². The number of carbonyl (C=O) groups excluding carboxylic acids is 1. The molecule has 1 saturated heterocycles. The molecule has 0 aromatic rings. The number of nitrogens with one attached hydrogen (secondary N) is 2. The minimum absolute atomic E-state index is 0. The molecule has 1 unspecified atom stereocenters. The number of methoxy groups -OCH3 is 1. The number of amides is 1. The smallest absolute Gasteiger partial charge is 0.220 e. The quantitative estimate of drug-likeness (QED) is 0.218. The zero-order valence-corrected chi connectivity index (χ0v) is 17.8. The maximum Gasteiger partial charge on any atom is 0.220 e. The van der Waals surface area contributed by atoms with Crippen LogP contribution < -0.4 is 10.6 Å². The van der Waals surface area contributed by atoms with Gasteiger partial charge in [-0.3, -0.25) is 9.79 Å². The highest BCUT2D eigenvalue weighted by Gasteiger charge is 2.25. The predicted molar refractivity (Wildman–Crippen MR) is 110 cm³/mol. The van der Waals surface area contributed by atoms with E-state index in [9.17, 15) is 4.79 Å². The lowest BCUT2D eigenvalue weighted by atomic mass is 10.1. The largest absolute Gasteiger partial charge is 0.382 e. The summed E-state index contributed by atoms with van der Waals surface area (Å²) in [5.74, 6) is 1.64. The van der Waals surface area contributed by atoms with Crippen LogP contribution in [0.3, 0.4) is 0 Å². The second-order valence-electron chi connectivity index (χ2n) is 6.59. The molecule has 0 aromatic heterocycles. The van der Waals surface area contributed by atoms with Crippen molar-refractivity contribution < 1.29 is 14.3 Å². The molecule has 2 aliphatic rings. The van der Waals surface area contributed by atoms with Crippen LogP contribution >= 0.6 is 24.0 Å². The van der Waals surface area contributed by atoms with Crippen LogP contribution in [0.4, 0.5) is 0 Å². The number of hydrogen-bond acceptors (Lipinski definition) is 4. The van der Waals surface area contributed by atoms with Crippen molar-refractivity contribution in [1.82, 2.24) is 15.5 Å². The molecule has 146 valence electrons. The van der Waals surface area contributed by atoms with Gasteiger partial charge in [-0.05, 0) is 25.7 Å². The minimum Gasteiger partial charge on any atom is -0.382 e. The topological polar surface area (TPSA) is 75.2 Å². The summed E-state index contributed by atoms with van der Waals surface area (Å²) in [7, 11) is 3.50. The summed E-state index contributed by atoms with van der Waals surface area (Å²) >= 11 is 0. The number of carbonyl (C=O) groups is 1. The van der Waals surface area contributed by atoms with Crippen molar-refractivity contribution in [2.45, 2.75) is 38.1 Å². The Morgan fingerprint density at radius 1 is 1.28 bits per heavy atom. The number of nitrogens with zero attached hydrogens (tertiary/aromatic N) is 2. The predicted octanol–water partition coefficient (Wildman–Crippen LogP) is 1.22. The second-order valence-corrected chi connectivity index (χ2v) is 6.59. The van der Waals surface area contributed by atoms with Gasteiger partial charge in [0.25, 0.3) is 0 Å². The molecule has 2 fully saturated rings. The third kappa shape index (κ3) is 9.05. The lowest BCUT2D eigenvalue weighted by Crippen LogP contribution is -2.41. The average Bonchev–Trinajstić information content (AvgIpc) is 3.27. The first-order valence-corrected chi connectivity index (χ1v) is 9.04. The van der Waals surface area contributed by atoms with E-state index < -0.39 is 0 Å². The molecule has 0 spiro atoms. The Balaban J connectivity index is 0.00000312. The van der Waals surface area contributed by atoms with Crippen LogP contribution in [0.25, 0.3) is 0 Å². The van der Waals surface area contributed by atoms with Gasteiger partial charge in [0.05, 0.1) is 19.8 Å². The lowest BCUT2D eigenvalue weighted by Gasteiger charge is -2.21. The molecule has 1 heterocycles. The van der Waals surface area contributed by atoms with Crippen LogP contribution in [0.15, 0.2) is 4.99 Å². The Hall–Kier alpha value is -0.610. The Bertz CT molecular complexity index is 419. The third-order valence-electron chi connectivity index (χ3n) is 4.39. The summed E-state index contributed by atoms with van der Waals surface area (Å²) < 4.78 is 10.6. The maximum atomic E-state index is 11.7. The Morgan fingerprint density at radius 2 is 2.08 bits per heavy atom. The highest BCUT2D eigenvalue weighted by molar-refractivity contribution is 14.0. The molecule has 8 heteroatoms. The van der Waals surface area contributed by atoms with Crippen molar-refractivity contribution in [3.63, 3.8) is 0 Å². The van der Waals surface area contributed by atoms with Crippen LogP contribution in [0.5, 0.6) is 0 Å². The fourth-order valence-corrected chi connectivity index (χ4v) is 2.86. The van der Waals surface area contributed by atoms with Crippen LogP contribution in [-0.4, -0.2) is 76.4 Å². The third-order valence-corrected chi connectivity index (χ3v) is 4.39. The number of guanidine groups is 1. The zero-order valence-electron chi connectivity index (χ0n) is 15.5. The number of hydrogen-bond donors (Lipinski definition) is 2. The Morgan fingerprint density at radius 3 is 2.76 bits per heavy atom. The van der Waals surface area contributed by atoms with Gasteiger partial charge in [-0.2, -0.15) is 0 Å². The van der Waals surface area contributed by atoms with Crippen molar-refractivity contribution in [3.8, 4) is 0 Å². The van der Waals surface area contributed by atoms with E-state index in [2.05, 4.69) is 20.5 Å². The molecule has 7 nitrogen and oxygen atoms in total. The van der Waals surface area contributed by atoms with Crippen molar-refractivity contribution in [2.75, 3.05) is 53.6 Å². The van der Waals surface area contributed by atoms with Gasteiger partial charge in [0, 0.05) is 52.2 Å². The summed E-state index contributed by atoms with van der Waals surface area (Å²) in [6.45, 7) is 4.82. The summed E-state index contributed by atoms with van der Waals surface area (Å²) in [6, 6.07) is 0.450. The molecule has 25 heavy (non-hydrogen) atoms. The van der Waals surface area contributed by atoms with Gasteiger partial charge in [0.2, 0.25) is 5.91 Å². The van der Waals surface area contributed by atoms with Gasteiger partial charge >= 0.3 is 0 Å². The van der Waals surface area contributed by atoms with E-state index >= 15 is 0 Å². The SMILES string of the molecule is CN=C(NCCCC(=O)NC1CC1)N1CCC(COCCOC)C1.I. The molecule has 2 N–H and O–H groups in total. The number of rotatable bonds is 10. The number of halogens is 1. The van der Waals surface area contributed by atoms with Crippen molar-refractivity contribution >= 4 is 35.8 Å². The van der Waals surface area contributed by atoms with Crippen LogP contribution in [-0.2, 0) is 14.3 Å². The van der Waals surface area contributed by atoms with E-state index in [1.807, 2.05) is 7.05 Å². The van der Waals surface area contributed by atoms with Gasteiger partial charge in [-0.25, -0.2) is 0 Å². The maximum absolute atomic E-state index is 11.7. The first-order chi connectivity index (χ1) is 11.7. The summed E-state index contributed by atoms with van der Waals surface area (Å²) in [5, 5.41) is 6.38. The molecular weight excluding hydrogens is 435 g/mol. The van der Waals surface area contributed by atoms with Gasteiger partial charge in [-0.15, -0.1) is 24.0 Å². The van der Waals surface area contributed by atoms with E-state index in [1.54, 1.807) is 7.11 Å². The Labute approximate surface area is 168 Å². The summed E-state index contributed by atoms with van der Waals surface area (Å²) in [5.41, 5.74) is 0. The molecule has 2 rings (SSSR count). The van der Waals surface area contributed by atoms with Crippen molar-refractivity contribution in [1.29, 1.82) is 0 Å². The van der Waals surface area contributed by atoms with Crippen molar-refractivity contribution in [2.24, 2.45) is 10.9 Å². The molecule has 0 bridgehead atoms. The number of likely N-dealkylation sites (tertiary alicyclic amines) is 1. The molecule has 1 aliphatic heterocycles. The monoisotopic (exact) mass is 468 g/mol. The minimum atomic E-state index is 0. The highest BCUT2D eigenvalue weighted by atomic mass is 127. The first-order valence-electron chi connectivity index (χ1n) is 9.04. The van der Waals surface area contributed by atoms with E-state index in [0.29, 0.717) is 31.6 Å². The second kappa shape index (κ2) is 12.7. The van der Waals surface area contributed by atoms with Gasteiger partial charge in [-0.1, -0.05) is 0 Å². The number of ether oxygens (including phenoxy) is 2. The summed E-state index contributed by atoms with van der Waals surface area (Å²) in [4.78, 5) is 18.3. The normalized spacial score (nSPS) is 20.3. The summed E-state index contributed by atoms with van der Waals surface area (Å²) in [6.07, 6.45) is 4.81. The lowest BCUT2D eigenvalue weighted by molar-refractivity contribution is -0.121. The standard InChI is InChI=1S/C17H32N4O3.HI/c1-18-17(19-8-3-4-16(22)20-15-5-6-15)21-9-7-14(12-21)13-24-11-10-23-2;/h14-15H,3-13H2,1-2H3,(H,18,19)(H,20,22);1H. The highest BCUT2D eigenvalue weighted by Crippen LogP contribution is 2.18. The molecule has 0 radical (unpaired) electrons. The average molecular weight is 468 g/mol. The first kappa shape index (κ1) is 22.4. The fraction of sp³-hybridized carbons (Fsp3) is 0.882. The molecule has 1 amide bonds. The molecular formula is C17H33IN4O3. The molecule has 1 saturated carbocycles. The van der Waals surface area contributed by atoms with E-state index in [4.69, 9.17) is 9.47 Å². The van der Waals surface area contributed by atoms with Crippen LogP contribution in [0, 0.1) is 5.92 Å². The van der Waals surface area contributed by atoms with Crippen LogP contribution in [0.2, 0.25) is 0 Å².